The van der Waals surface area contributed by atoms with E-state index in [9.17, 15) is 18.0 Å². The van der Waals surface area contributed by atoms with Gasteiger partial charge in [-0.1, -0.05) is 11.6 Å². The molecule has 0 N–H and O–H groups in total. The summed E-state index contributed by atoms with van der Waals surface area (Å²) in [6, 6.07) is 8.11. The quantitative estimate of drug-likeness (QED) is 0.412. The molecule has 27 heavy (non-hydrogen) atoms. The van der Waals surface area contributed by atoms with Crippen LogP contribution in [0.1, 0.15) is 27.6 Å². The lowest BCUT2D eigenvalue weighted by atomic mass is 10.1. The molecule has 0 heterocycles. The number of nitrogens with zero attached hydrogens (tertiary/aromatic N) is 1. The Morgan fingerprint density at radius 1 is 1.04 bits per heavy atom. The zero-order valence-corrected chi connectivity index (χ0v) is 16.7. The monoisotopic (exact) mass is 411 g/mol. The Kier molecular flexibility index (Phi) is 6.25. The van der Waals surface area contributed by atoms with Gasteiger partial charge in [-0.2, -0.15) is 0 Å². The van der Waals surface area contributed by atoms with Crippen LogP contribution in [0.3, 0.4) is 0 Å². The summed E-state index contributed by atoms with van der Waals surface area (Å²) in [5.74, 6) is -0.769. The molecule has 0 saturated heterocycles. The first kappa shape index (κ1) is 20.9. The van der Waals surface area contributed by atoms with Gasteiger partial charge in [0.05, 0.1) is 22.6 Å². The topological polar surface area (TPSA) is 90.0 Å². The highest BCUT2D eigenvalue weighted by Gasteiger charge is 2.22. The molecule has 0 saturated carbocycles. The third kappa shape index (κ3) is 4.47. The lowest BCUT2D eigenvalue weighted by Crippen LogP contribution is -2.22. The molecule has 0 aromatic heterocycles. The molecule has 0 bridgehead atoms. The van der Waals surface area contributed by atoms with Gasteiger partial charge < -0.3 is 9.47 Å². The molecule has 0 spiro atoms. The van der Waals surface area contributed by atoms with Crippen LogP contribution in [-0.2, 0) is 10.0 Å². The molecule has 0 aliphatic heterocycles. The first-order chi connectivity index (χ1) is 12.6. The molecule has 0 radical (unpaired) electrons. The summed E-state index contributed by atoms with van der Waals surface area (Å²) < 4.78 is 36.0. The first-order valence-electron chi connectivity index (χ1n) is 7.71. The van der Waals surface area contributed by atoms with Gasteiger partial charge in [-0.05, 0) is 43.3 Å². The number of carbonyl (C=O) groups excluding carboxylic acids is 2. The van der Waals surface area contributed by atoms with Crippen LogP contribution in [-0.4, -0.2) is 45.7 Å². The maximum atomic E-state index is 12.5. The van der Waals surface area contributed by atoms with Gasteiger partial charge in [0.25, 0.3) is 0 Å². The van der Waals surface area contributed by atoms with Crippen molar-refractivity contribution in [3.05, 3.63) is 52.5 Å². The van der Waals surface area contributed by atoms with Crippen LogP contribution in [0.2, 0.25) is 5.02 Å². The predicted molar refractivity (Wildman–Crippen MR) is 100 cm³/mol. The summed E-state index contributed by atoms with van der Waals surface area (Å²) >= 11 is 6.04. The molecular weight excluding hydrogens is 394 g/mol. The standard InChI is InChI=1S/C18H18ClNO6S/c1-11(21)12-5-8-16(17(9-12)25-4)26-18(22)14-10-13(6-7-15(14)19)27(23,24)20(2)3/h5-10H,1-4H3. The third-order valence-corrected chi connectivity index (χ3v) is 5.85. The largest absolute Gasteiger partial charge is 0.493 e. The number of ketones is 1. The average Bonchev–Trinajstić information content (AvgIpc) is 2.61. The zero-order valence-electron chi connectivity index (χ0n) is 15.1. The van der Waals surface area contributed by atoms with Gasteiger partial charge in [-0.25, -0.2) is 17.5 Å². The van der Waals surface area contributed by atoms with Gasteiger partial charge in [0.15, 0.2) is 17.3 Å². The Balaban J connectivity index is 2.41. The molecule has 2 rings (SSSR count). The fourth-order valence-electron chi connectivity index (χ4n) is 2.16. The van der Waals surface area contributed by atoms with Crippen molar-refractivity contribution in [2.45, 2.75) is 11.8 Å². The molecule has 7 nitrogen and oxygen atoms in total. The number of Topliss-reactive ketones (excluding diaryl/α,β-unsaturated/α-hetero) is 1. The zero-order chi connectivity index (χ0) is 20.4. The molecule has 0 aliphatic rings. The minimum Gasteiger partial charge on any atom is -0.493 e. The van der Waals surface area contributed by atoms with Crippen molar-refractivity contribution in [1.29, 1.82) is 0 Å². The number of carbonyl (C=O) groups is 2. The second-order valence-electron chi connectivity index (χ2n) is 5.74. The van der Waals surface area contributed by atoms with Crippen LogP contribution < -0.4 is 9.47 Å². The van der Waals surface area contributed by atoms with Crippen molar-refractivity contribution in [1.82, 2.24) is 4.31 Å². The number of halogens is 1. The van der Waals surface area contributed by atoms with Crippen LogP contribution in [0.4, 0.5) is 0 Å². The van der Waals surface area contributed by atoms with Crippen molar-refractivity contribution in [3.63, 3.8) is 0 Å². The summed E-state index contributed by atoms with van der Waals surface area (Å²) in [5.41, 5.74) is 0.279. The molecule has 0 unspecified atom stereocenters. The summed E-state index contributed by atoms with van der Waals surface area (Å²) in [6.45, 7) is 1.40. The van der Waals surface area contributed by atoms with E-state index in [1.807, 2.05) is 0 Å². The van der Waals surface area contributed by atoms with E-state index in [2.05, 4.69) is 0 Å². The maximum Gasteiger partial charge on any atom is 0.345 e. The Morgan fingerprint density at radius 2 is 1.70 bits per heavy atom. The molecule has 2 aromatic rings. The van der Waals surface area contributed by atoms with E-state index in [-0.39, 0.29) is 32.8 Å². The number of esters is 1. The molecule has 9 heteroatoms. The van der Waals surface area contributed by atoms with Crippen LogP contribution >= 0.6 is 11.6 Å². The number of methoxy groups -OCH3 is 1. The average molecular weight is 412 g/mol. The van der Waals surface area contributed by atoms with E-state index in [4.69, 9.17) is 21.1 Å². The molecule has 0 aliphatic carbocycles. The lowest BCUT2D eigenvalue weighted by Gasteiger charge is -2.14. The number of hydrogen-bond acceptors (Lipinski definition) is 6. The van der Waals surface area contributed by atoms with Crippen molar-refractivity contribution >= 4 is 33.4 Å². The van der Waals surface area contributed by atoms with Crippen LogP contribution in [0.5, 0.6) is 11.5 Å². The Morgan fingerprint density at radius 3 is 2.26 bits per heavy atom. The number of ether oxygens (including phenoxy) is 2. The summed E-state index contributed by atoms with van der Waals surface area (Å²) in [7, 11) is 0.380. The molecular formula is C18H18ClNO6S. The van der Waals surface area contributed by atoms with Crippen LogP contribution in [0, 0.1) is 0 Å². The van der Waals surface area contributed by atoms with Crippen molar-refractivity contribution in [2.24, 2.45) is 0 Å². The van der Waals surface area contributed by atoms with E-state index >= 15 is 0 Å². The van der Waals surface area contributed by atoms with E-state index < -0.39 is 16.0 Å². The van der Waals surface area contributed by atoms with Crippen LogP contribution in [0.25, 0.3) is 0 Å². The van der Waals surface area contributed by atoms with Gasteiger partial charge in [-0.15, -0.1) is 0 Å². The van der Waals surface area contributed by atoms with Gasteiger partial charge in [0.2, 0.25) is 10.0 Å². The minimum absolute atomic E-state index is 0.0389. The Labute approximate surface area is 162 Å². The summed E-state index contributed by atoms with van der Waals surface area (Å²) in [6.07, 6.45) is 0. The SMILES string of the molecule is COc1cc(C(C)=O)ccc1OC(=O)c1cc(S(=O)(=O)N(C)C)ccc1Cl. The van der Waals surface area contributed by atoms with E-state index in [1.54, 1.807) is 0 Å². The fourth-order valence-corrected chi connectivity index (χ4v) is 3.28. The molecule has 0 atom stereocenters. The van der Waals surface area contributed by atoms with Crippen LogP contribution in [0.15, 0.2) is 41.3 Å². The van der Waals surface area contributed by atoms with Gasteiger partial charge in [0.1, 0.15) is 0 Å². The van der Waals surface area contributed by atoms with E-state index in [1.165, 1.54) is 58.5 Å². The summed E-state index contributed by atoms with van der Waals surface area (Å²) in [5, 5.41) is 0.0389. The Hall–Kier alpha value is -2.42. The highest BCUT2D eigenvalue weighted by Crippen LogP contribution is 2.30. The molecule has 144 valence electrons. The highest BCUT2D eigenvalue weighted by molar-refractivity contribution is 7.89. The molecule has 0 amide bonds. The number of rotatable bonds is 6. The van der Waals surface area contributed by atoms with E-state index in [0.717, 1.165) is 10.4 Å². The number of hydrogen-bond donors (Lipinski definition) is 0. The fraction of sp³-hybridized carbons (Fsp3) is 0.222. The minimum atomic E-state index is -3.75. The van der Waals surface area contributed by atoms with E-state index in [0.29, 0.717) is 5.56 Å². The smallest absolute Gasteiger partial charge is 0.345 e. The Bertz CT molecular complexity index is 1000. The lowest BCUT2D eigenvalue weighted by molar-refractivity contribution is 0.0729. The maximum absolute atomic E-state index is 12.5. The molecule has 2 aromatic carbocycles. The van der Waals surface area contributed by atoms with Crippen molar-refractivity contribution in [3.8, 4) is 11.5 Å². The second-order valence-corrected chi connectivity index (χ2v) is 8.30. The van der Waals surface area contributed by atoms with Gasteiger partial charge in [0, 0.05) is 19.7 Å². The number of benzene rings is 2. The summed E-state index contributed by atoms with van der Waals surface area (Å²) in [4.78, 5) is 23.9. The second kappa shape index (κ2) is 8.08. The predicted octanol–water partition coefficient (Wildman–Crippen LogP) is 3.02. The van der Waals surface area contributed by atoms with Crippen molar-refractivity contribution < 1.29 is 27.5 Å². The highest BCUT2D eigenvalue weighted by atomic mass is 35.5. The number of sulfonamides is 1. The van der Waals surface area contributed by atoms with Crippen molar-refractivity contribution in [2.75, 3.05) is 21.2 Å². The van der Waals surface area contributed by atoms with Gasteiger partial charge in [-0.3, -0.25) is 4.79 Å². The normalized spacial score (nSPS) is 11.3. The third-order valence-electron chi connectivity index (χ3n) is 3.71. The first-order valence-corrected chi connectivity index (χ1v) is 9.53. The molecule has 0 fully saturated rings. The van der Waals surface area contributed by atoms with Gasteiger partial charge >= 0.3 is 5.97 Å².